The molecule has 0 aliphatic heterocycles. The second-order valence-corrected chi connectivity index (χ2v) is 6.36. The van der Waals surface area contributed by atoms with Crippen LogP contribution in [0.25, 0.3) is 5.65 Å². The smallest absolute Gasteiger partial charge is 0.255 e. The van der Waals surface area contributed by atoms with Crippen molar-refractivity contribution < 1.29 is 9.53 Å². The Hall–Kier alpha value is -3.31. The van der Waals surface area contributed by atoms with E-state index in [0.29, 0.717) is 28.6 Å². The Labute approximate surface area is 161 Å². The molecule has 0 saturated carbocycles. The first-order valence-corrected chi connectivity index (χ1v) is 8.78. The van der Waals surface area contributed by atoms with E-state index in [1.165, 1.54) is 0 Å². The van der Waals surface area contributed by atoms with Crippen molar-refractivity contribution in [2.75, 3.05) is 5.32 Å². The molecular weight excluding hydrogens is 362 g/mol. The molecule has 0 saturated heterocycles. The first-order valence-electron chi connectivity index (χ1n) is 8.40. The van der Waals surface area contributed by atoms with Crippen molar-refractivity contribution in [2.24, 2.45) is 0 Å². The number of rotatable bonds is 5. The number of carbonyl (C=O) groups is 1. The molecule has 134 valence electrons. The van der Waals surface area contributed by atoms with Gasteiger partial charge >= 0.3 is 0 Å². The van der Waals surface area contributed by atoms with Gasteiger partial charge < -0.3 is 14.5 Å². The van der Waals surface area contributed by atoms with Crippen LogP contribution in [0.5, 0.6) is 5.75 Å². The van der Waals surface area contributed by atoms with E-state index in [1.807, 2.05) is 53.2 Å². The van der Waals surface area contributed by atoms with Crippen LogP contribution >= 0.6 is 11.6 Å². The summed E-state index contributed by atoms with van der Waals surface area (Å²) < 4.78 is 7.74. The van der Waals surface area contributed by atoms with Crippen molar-refractivity contribution in [2.45, 2.75) is 6.61 Å². The van der Waals surface area contributed by atoms with Gasteiger partial charge in [-0.2, -0.15) is 0 Å². The van der Waals surface area contributed by atoms with Gasteiger partial charge in [-0.15, -0.1) is 0 Å². The van der Waals surface area contributed by atoms with Crippen LogP contribution in [-0.4, -0.2) is 15.3 Å². The van der Waals surface area contributed by atoms with Gasteiger partial charge in [0.25, 0.3) is 5.91 Å². The van der Waals surface area contributed by atoms with Gasteiger partial charge in [0, 0.05) is 18.0 Å². The number of nitrogens with one attached hydrogen (secondary N) is 1. The highest BCUT2D eigenvalue weighted by Gasteiger charge is 2.10. The van der Waals surface area contributed by atoms with Gasteiger partial charge in [-0.1, -0.05) is 35.9 Å². The molecule has 0 atom stereocenters. The van der Waals surface area contributed by atoms with Gasteiger partial charge in [0.1, 0.15) is 18.0 Å². The summed E-state index contributed by atoms with van der Waals surface area (Å²) in [7, 11) is 0. The number of ether oxygens (including phenoxy) is 1. The molecule has 0 unspecified atom stereocenters. The summed E-state index contributed by atoms with van der Waals surface area (Å²) in [4.78, 5) is 17.0. The van der Waals surface area contributed by atoms with E-state index in [4.69, 9.17) is 16.3 Å². The highest BCUT2D eigenvalue weighted by Crippen LogP contribution is 2.22. The van der Waals surface area contributed by atoms with E-state index in [9.17, 15) is 4.79 Å². The molecule has 2 aromatic heterocycles. The Morgan fingerprint density at radius 2 is 1.93 bits per heavy atom. The van der Waals surface area contributed by atoms with Gasteiger partial charge in [-0.25, -0.2) is 4.98 Å². The Bertz CT molecular complexity index is 1070. The molecule has 2 heterocycles. The standard InChI is InChI=1S/C21H16ClN3O2/c22-18-8-1-2-9-19(18)24-21(26)15-6-5-7-17(12-15)27-14-16-13-25-11-4-3-10-20(25)23-16/h1-13H,14H2,(H,24,26). The number of hydrogen-bond acceptors (Lipinski definition) is 3. The largest absolute Gasteiger partial charge is 0.487 e. The molecule has 0 aliphatic carbocycles. The number of fused-ring (bicyclic) bond motifs is 1. The zero-order chi connectivity index (χ0) is 18.6. The molecule has 6 heteroatoms. The van der Waals surface area contributed by atoms with Gasteiger partial charge in [0.05, 0.1) is 16.4 Å². The number of benzene rings is 2. The number of amides is 1. The fraction of sp³-hybridized carbons (Fsp3) is 0.0476. The first kappa shape index (κ1) is 17.1. The van der Waals surface area contributed by atoms with E-state index >= 15 is 0 Å². The molecule has 1 amide bonds. The number of nitrogens with zero attached hydrogens (tertiary/aromatic N) is 2. The minimum Gasteiger partial charge on any atom is -0.487 e. The maximum atomic E-state index is 12.5. The number of para-hydroxylation sites is 1. The zero-order valence-electron chi connectivity index (χ0n) is 14.3. The summed E-state index contributed by atoms with van der Waals surface area (Å²) in [6.07, 6.45) is 3.86. The lowest BCUT2D eigenvalue weighted by Crippen LogP contribution is -2.12. The van der Waals surface area contributed by atoms with Gasteiger partial charge in [0.2, 0.25) is 0 Å². The van der Waals surface area contributed by atoms with Crippen molar-refractivity contribution in [3.63, 3.8) is 0 Å². The Morgan fingerprint density at radius 3 is 2.78 bits per heavy atom. The minimum atomic E-state index is -0.249. The second-order valence-electron chi connectivity index (χ2n) is 5.95. The third kappa shape index (κ3) is 3.93. The van der Waals surface area contributed by atoms with Crippen molar-refractivity contribution in [3.8, 4) is 5.75 Å². The monoisotopic (exact) mass is 377 g/mol. The second kappa shape index (κ2) is 7.51. The SMILES string of the molecule is O=C(Nc1ccccc1Cl)c1cccc(OCc2cn3ccccc3n2)c1. The van der Waals surface area contributed by atoms with Crippen LogP contribution in [0, 0.1) is 0 Å². The number of aromatic nitrogens is 2. The van der Waals surface area contributed by atoms with Crippen LogP contribution < -0.4 is 10.1 Å². The number of pyridine rings is 1. The summed E-state index contributed by atoms with van der Waals surface area (Å²) in [5, 5.41) is 3.29. The van der Waals surface area contributed by atoms with Crippen LogP contribution in [-0.2, 0) is 6.61 Å². The molecule has 27 heavy (non-hydrogen) atoms. The molecular formula is C21H16ClN3O2. The average molecular weight is 378 g/mol. The van der Waals surface area contributed by atoms with Crippen LogP contribution in [0.1, 0.15) is 16.1 Å². The Kier molecular flexibility index (Phi) is 4.77. The zero-order valence-corrected chi connectivity index (χ0v) is 15.1. The number of imidazole rings is 1. The van der Waals surface area contributed by atoms with Crippen molar-refractivity contribution in [1.82, 2.24) is 9.38 Å². The quantitative estimate of drug-likeness (QED) is 0.542. The molecule has 5 nitrogen and oxygen atoms in total. The molecule has 0 bridgehead atoms. The Balaban J connectivity index is 1.45. The number of carbonyl (C=O) groups excluding carboxylic acids is 1. The number of hydrogen-bond donors (Lipinski definition) is 1. The lowest BCUT2D eigenvalue weighted by Gasteiger charge is -2.09. The summed E-state index contributed by atoms with van der Waals surface area (Å²) in [5.41, 5.74) is 2.73. The van der Waals surface area contributed by atoms with Gasteiger partial charge in [-0.05, 0) is 42.5 Å². The molecule has 2 aromatic carbocycles. The van der Waals surface area contributed by atoms with Crippen molar-refractivity contribution in [3.05, 3.63) is 95.4 Å². The Morgan fingerprint density at radius 1 is 1.07 bits per heavy atom. The van der Waals surface area contributed by atoms with Crippen LogP contribution in [0.2, 0.25) is 5.02 Å². The van der Waals surface area contributed by atoms with Crippen LogP contribution in [0.4, 0.5) is 5.69 Å². The van der Waals surface area contributed by atoms with Gasteiger partial charge in [0.15, 0.2) is 0 Å². The predicted molar refractivity (Wildman–Crippen MR) is 105 cm³/mol. The fourth-order valence-corrected chi connectivity index (χ4v) is 2.88. The van der Waals surface area contributed by atoms with E-state index < -0.39 is 0 Å². The number of halogens is 1. The normalized spacial score (nSPS) is 10.7. The van der Waals surface area contributed by atoms with E-state index in [2.05, 4.69) is 10.3 Å². The number of anilines is 1. The third-order valence-corrected chi connectivity index (χ3v) is 4.35. The summed E-state index contributed by atoms with van der Waals surface area (Å²) in [5.74, 6) is 0.347. The summed E-state index contributed by atoms with van der Waals surface area (Å²) in [6, 6.07) is 19.9. The maximum Gasteiger partial charge on any atom is 0.255 e. The van der Waals surface area contributed by atoms with Crippen molar-refractivity contribution >= 4 is 28.8 Å². The maximum absolute atomic E-state index is 12.5. The van der Waals surface area contributed by atoms with Gasteiger partial charge in [-0.3, -0.25) is 4.79 Å². The lowest BCUT2D eigenvalue weighted by molar-refractivity contribution is 0.102. The third-order valence-electron chi connectivity index (χ3n) is 4.02. The molecule has 0 radical (unpaired) electrons. The lowest BCUT2D eigenvalue weighted by atomic mass is 10.2. The van der Waals surface area contributed by atoms with Crippen molar-refractivity contribution in [1.29, 1.82) is 0 Å². The molecule has 4 rings (SSSR count). The highest BCUT2D eigenvalue weighted by molar-refractivity contribution is 6.33. The first-order chi connectivity index (χ1) is 13.2. The molecule has 0 aliphatic rings. The average Bonchev–Trinajstić information content (AvgIpc) is 3.11. The van der Waals surface area contributed by atoms with E-state index in [0.717, 1.165) is 11.3 Å². The molecule has 1 N–H and O–H groups in total. The van der Waals surface area contributed by atoms with Crippen LogP contribution in [0.15, 0.2) is 79.1 Å². The summed E-state index contributed by atoms with van der Waals surface area (Å²) in [6.45, 7) is 0.317. The van der Waals surface area contributed by atoms with Crippen LogP contribution in [0.3, 0.4) is 0 Å². The topological polar surface area (TPSA) is 55.6 Å². The molecule has 4 aromatic rings. The highest BCUT2D eigenvalue weighted by atomic mass is 35.5. The minimum absolute atomic E-state index is 0.249. The summed E-state index contributed by atoms with van der Waals surface area (Å²) >= 11 is 6.09. The molecule has 0 fully saturated rings. The van der Waals surface area contributed by atoms with E-state index in [1.54, 1.807) is 30.3 Å². The fourth-order valence-electron chi connectivity index (χ4n) is 2.70. The van der Waals surface area contributed by atoms with E-state index in [-0.39, 0.29) is 5.91 Å². The predicted octanol–water partition coefficient (Wildman–Crippen LogP) is 4.82. The molecule has 0 spiro atoms.